The summed E-state index contributed by atoms with van der Waals surface area (Å²) >= 11 is 0. The van der Waals surface area contributed by atoms with Crippen molar-refractivity contribution >= 4 is 5.91 Å². The summed E-state index contributed by atoms with van der Waals surface area (Å²) in [4.78, 5) is 38.2. The minimum atomic E-state index is -1.46. The van der Waals surface area contributed by atoms with E-state index in [4.69, 9.17) is 0 Å². The van der Waals surface area contributed by atoms with Crippen molar-refractivity contribution in [2.45, 2.75) is 38.3 Å². The Morgan fingerprint density at radius 1 is 1.33 bits per heavy atom. The molecule has 1 fully saturated rings. The minimum absolute atomic E-state index is 0.215. The second kappa shape index (κ2) is 5.43. The Morgan fingerprint density at radius 2 is 1.95 bits per heavy atom. The number of likely N-dealkylation sites (tertiary alicyclic amines) is 1. The summed E-state index contributed by atoms with van der Waals surface area (Å²) in [5, 5.41) is 29.3. The Labute approximate surface area is 119 Å². The molecule has 4 N–H and O–H groups in total. The summed E-state index contributed by atoms with van der Waals surface area (Å²) in [5.74, 6) is -0.523. The van der Waals surface area contributed by atoms with Gasteiger partial charge in [-0.3, -0.25) is 19.1 Å². The second-order valence-corrected chi connectivity index (χ2v) is 5.05. The van der Waals surface area contributed by atoms with Gasteiger partial charge in [0.2, 0.25) is 5.91 Å². The number of nitrogens with zero attached hydrogens (tertiary/aromatic N) is 2. The number of amides is 1. The first kappa shape index (κ1) is 15.4. The van der Waals surface area contributed by atoms with Gasteiger partial charge in [-0.1, -0.05) is 0 Å². The Hall–Kier alpha value is -1.97. The highest BCUT2D eigenvalue weighted by atomic mass is 16.3. The molecule has 1 aromatic rings. The van der Waals surface area contributed by atoms with Crippen LogP contribution in [0.2, 0.25) is 0 Å². The maximum atomic E-state index is 11.9. The number of aliphatic hydroxyl groups is 3. The molecule has 1 saturated heterocycles. The van der Waals surface area contributed by atoms with Crippen molar-refractivity contribution in [3.63, 3.8) is 0 Å². The third kappa shape index (κ3) is 2.39. The second-order valence-electron chi connectivity index (χ2n) is 5.05. The number of aromatic amines is 1. The number of carbonyl (C=O) groups is 1. The van der Waals surface area contributed by atoms with Crippen LogP contribution in [-0.4, -0.2) is 60.5 Å². The Balaban J connectivity index is 2.60. The quantitative estimate of drug-likeness (QED) is 0.469. The molecule has 0 spiro atoms. The van der Waals surface area contributed by atoms with Crippen molar-refractivity contribution in [1.82, 2.24) is 14.5 Å². The lowest BCUT2D eigenvalue weighted by molar-refractivity contribution is -0.136. The van der Waals surface area contributed by atoms with Crippen molar-refractivity contribution in [1.29, 1.82) is 0 Å². The zero-order chi connectivity index (χ0) is 15.9. The van der Waals surface area contributed by atoms with Crippen molar-refractivity contribution in [3.8, 4) is 0 Å². The lowest BCUT2D eigenvalue weighted by Crippen LogP contribution is -2.46. The first-order valence-corrected chi connectivity index (χ1v) is 6.37. The van der Waals surface area contributed by atoms with E-state index in [2.05, 4.69) is 4.98 Å². The number of hydrogen-bond donors (Lipinski definition) is 4. The van der Waals surface area contributed by atoms with Gasteiger partial charge < -0.3 is 20.2 Å². The Kier molecular flexibility index (Phi) is 3.99. The molecule has 9 nitrogen and oxygen atoms in total. The fourth-order valence-corrected chi connectivity index (χ4v) is 2.63. The minimum Gasteiger partial charge on any atom is -0.394 e. The maximum absolute atomic E-state index is 11.9. The number of carbonyl (C=O) groups excluding carboxylic acids is 1. The molecule has 1 amide bonds. The highest BCUT2D eigenvalue weighted by Crippen LogP contribution is 2.32. The fourth-order valence-electron chi connectivity index (χ4n) is 2.63. The van der Waals surface area contributed by atoms with Crippen LogP contribution in [0.4, 0.5) is 0 Å². The van der Waals surface area contributed by atoms with Gasteiger partial charge >= 0.3 is 5.69 Å². The SMILES string of the molecule is CC(=O)N1[C@H](CO)[C@@H](O)[C@@H](O)[C@@H]1n1cc(C)c(=O)[nH]c1=O. The molecule has 0 aromatic carbocycles. The maximum Gasteiger partial charge on any atom is 0.330 e. The van der Waals surface area contributed by atoms with Crippen LogP contribution in [0.15, 0.2) is 15.8 Å². The molecule has 9 heteroatoms. The number of aryl methyl sites for hydroxylation is 1. The van der Waals surface area contributed by atoms with Crippen LogP contribution in [0, 0.1) is 6.92 Å². The largest absolute Gasteiger partial charge is 0.394 e. The standard InChI is InChI=1S/C12H17N3O6/c1-5-3-14(12(21)13-10(5)20)11-9(19)8(18)7(4-16)15(11)6(2)17/h3,7-9,11,16,18-19H,4H2,1-2H3,(H,13,20,21)/t7-,8-,9-,11-/m1/s1. The lowest BCUT2D eigenvalue weighted by atomic mass is 10.1. The van der Waals surface area contributed by atoms with Crippen molar-refractivity contribution in [2.75, 3.05) is 6.61 Å². The molecule has 0 unspecified atom stereocenters. The normalized spacial score (nSPS) is 28.9. The molecule has 21 heavy (non-hydrogen) atoms. The number of nitrogens with one attached hydrogen (secondary N) is 1. The molecule has 4 atom stereocenters. The first-order chi connectivity index (χ1) is 9.79. The fraction of sp³-hybridized carbons (Fsp3) is 0.583. The van der Waals surface area contributed by atoms with E-state index < -0.39 is 48.2 Å². The monoisotopic (exact) mass is 299 g/mol. The summed E-state index contributed by atoms with van der Waals surface area (Å²) in [5.41, 5.74) is -1.17. The van der Waals surface area contributed by atoms with Crippen LogP contribution >= 0.6 is 0 Å². The summed E-state index contributed by atoms with van der Waals surface area (Å²) in [6.45, 7) is 2.10. The van der Waals surface area contributed by atoms with E-state index in [1.165, 1.54) is 20.0 Å². The Bertz CT molecular complexity index is 666. The number of hydrogen-bond acceptors (Lipinski definition) is 6. The molecule has 116 valence electrons. The molecule has 0 saturated carbocycles. The number of aliphatic hydroxyl groups excluding tert-OH is 3. The van der Waals surface area contributed by atoms with Crippen molar-refractivity contribution < 1.29 is 20.1 Å². The van der Waals surface area contributed by atoms with Crippen molar-refractivity contribution in [2.24, 2.45) is 0 Å². The van der Waals surface area contributed by atoms with E-state index in [1.54, 1.807) is 0 Å². The van der Waals surface area contributed by atoms with Crippen LogP contribution in [0.5, 0.6) is 0 Å². The number of rotatable bonds is 2. The molecule has 0 aliphatic carbocycles. The summed E-state index contributed by atoms with van der Waals surface area (Å²) in [7, 11) is 0. The van der Waals surface area contributed by atoms with Gasteiger partial charge in [0.25, 0.3) is 5.56 Å². The van der Waals surface area contributed by atoms with Gasteiger partial charge in [-0.25, -0.2) is 4.79 Å². The molecule has 1 aliphatic rings. The van der Waals surface area contributed by atoms with Gasteiger partial charge in [0.05, 0.1) is 12.6 Å². The highest BCUT2D eigenvalue weighted by molar-refractivity contribution is 5.74. The Morgan fingerprint density at radius 3 is 2.48 bits per heavy atom. The molecule has 0 radical (unpaired) electrons. The summed E-state index contributed by atoms with van der Waals surface area (Å²) < 4.78 is 0.974. The summed E-state index contributed by atoms with van der Waals surface area (Å²) in [6, 6.07) is -1.03. The average Bonchev–Trinajstić information content (AvgIpc) is 2.66. The van der Waals surface area contributed by atoms with Gasteiger partial charge in [-0.2, -0.15) is 0 Å². The average molecular weight is 299 g/mol. The number of aromatic nitrogens is 2. The van der Waals surface area contributed by atoms with E-state index in [1.807, 2.05) is 0 Å². The highest BCUT2D eigenvalue weighted by Gasteiger charge is 2.50. The predicted molar refractivity (Wildman–Crippen MR) is 70.5 cm³/mol. The molecular formula is C12H17N3O6. The van der Waals surface area contributed by atoms with Crippen molar-refractivity contribution in [3.05, 3.63) is 32.6 Å². The van der Waals surface area contributed by atoms with Crippen LogP contribution < -0.4 is 11.2 Å². The third-order valence-electron chi connectivity index (χ3n) is 3.67. The molecule has 1 aromatic heterocycles. The summed E-state index contributed by atoms with van der Waals surface area (Å²) in [6.07, 6.45) is -2.85. The smallest absolute Gasteiger partial charge is 0.330 e. The zero-order valence-electron chi connectivity index (χ0n) is 11.6. The van der Waals surface area contributed by atoms with E-state index in [9.17, 15) is 29.7 Å². The van der Waals surface area contributed by atoms with Gasteiger partial charge in [0, 0.05) is 18.7 Å². The van der Waals surface area contributed by atoms with Gasteiger partial charge in [0.15, 0.2) is 0 Å². The van der Waals surface area contributed by atoms with Crippen LogP contribution in [0.3, 0.4) is 0 Å². The van der Waals surface area contributed by atoms with Crippen LogP contribution in [-0.2, 0) is 4.79 Å². The zero-order valence-corrected chi connectivity index (χ0v) is 11.6. The molecule has 1 aliphatic heterocycles. The topological polar surface area (TPSA) is 136 Å². The van der Waals surface area contributed by atoms with Gasteiger partial charge in [0.1, 0.15) is 18.4 Å². The predicted octanol–water partition coefficient (Wildman–Crippen LogP) is -2.71. The molecule has 2 rings (SSSR count). The van der Waals surface area contributed by atoms with E-state index in [0.29, 0.717) is 0 Å². The molecule has 2 heterocycles. The van der Waals surface area contributed by atoms with Gasteiger partial charge in [-0.15, -0.1) is 0 Å². The van der Waals surface area contributed by atoms with Crippen LogP contribution in [0.1, 0.15) is 18.7 Å². The van der Waals surface area contributed by atoms with E-state index in [-0.39, 0.29) is 5.56 Å². The number of H-pyrrole nitrogens is 1. The van der Waals surface area contributed by atoms with Crippen LogP contribution in [0.25, 0.3) is 0 Å². The molecular weight excluding hydrogens is 282 g/mol. The molecule has 0 bridgehead atoms. The van der Waals surface area contributed by atoms with E-state index >= 15 is 0 Å². The van der Waals surface area contributed by atoms with Gasteiger partial charge in [-0.05, 0) is 6.92 Å². The first-order valence-electron chi connectivity index (χ1n) is 6.37. The third-order valence-corrected chi connectivity index (χ3v) is 3.67. The lowest BCUT2D eigenvalue weighted by Gasteiger charge is -2.29. The van der Waals surface area contributed by atoms with E-state index in [0.717, 1.165) is 9.47 Å².